The van der Waals surface area contributed by atoms with Gasteiger partial charge in [0.25, 0.3) is 5.91 Å². The molecule has 1 amide bonds. The minimum absolute atomic E-state index is 0. The molecule has 0 spiro atoms. The maximum atomic E-state index is 12.3. The van der Waals surface area contributed by atoms with E-state index in [1.54, 1.807) is 18.2 Å². The van der Waals surface area contributed by atoms with Crippen LogP contribution in [0.2, 0.25) is 5.02 Å². The lowest BCUT2D eigenvalue weighted by Gasteiger charge is -2.32. The van der Waals surface area contributed by atoms with Gasteiger partial charge in [-0.05, 0) is 41.1 Å². The predicted molar refractivity (Wildman–Crippen MR) is 79.8 cm³/mol. The van der Waals surface area contributed by atoms with Gasteiger partial charge in [0.15, 0.2) is 0 Å². The fraction of sp³-hybridized carbons (Fsp3) is 0.417. The number of piperazine rings is 1. The Bertz CT molecular complexity index is 442. The van der Waals surface area contributed by atoms with E-state index in [1.807, 2.05) is 4.90 Å². The number of hydrogen-bond acceptors (Lipinski definition) is 2. The van der Waals surface area contributed by atoms with Gasteiger partial charge in [0, 0.05) is 35.2 Å². The second-order valence-corrected chi connectivity index (χ2v) is 5.52. The SMILES string of the molecule is CC1CN(C(=O)c2ccc(Cl)cc2Br)CCN1.Cl. The van der Waals surface area contributed by atoms with Crippen molar-refractivity contribution in [1.82, 2.24) is 10.2 Å². The molecular formula is C12H15BrCl2N2O. The molecule has 100 valence electrons. The number of amides is 1. The van der Waals surface area contributed by atoms with Crippen molar-refractivity contribution in [3.05, 3.63) is 33.3 Å². The molecule has 1 aliphatic rings. The van der Waals surface area contributed by atoms with Crippen LogP contribution in [0, 0.1) is 0 Å². The van der Waals surface area contributed by atoms with Crippen LogP contribution < -0.4 is 5.32 Å². The highest BCUT2D eigenvalue weighted by Crippen LogP contribution is 2.23. The van der Waals surface area contributed by atoms with E-state index in [9.17, 15) is 4.79 Å². The number of rotatable bonds is 1. The molecule has 0 aliphatic carbocycles. The fourth-order valence-electron chi connectivity index (χ4n) is 1.95. The number of halogens is 3. The van der Waals surface area contributed by atoms with E-state index < -0.39 is 0 Å². The summed E-state index contributed by atoms with van der Waals surface area (Å²) in [7, 11) is 0. The van der Waals surface area contributed by atoms with E-state index in [1.165, 1.54) is 0 Å². The molecule has 1 atom stereocenters. The van der Waals surface area contributed by atoms with Crippen LogP contribution in [0.1, 0.15) is 17.3 Å². The number of benzene rings is 1. The minimum Gasteiger partial charge on any atom is -0.336 e. The smallest absolute Gasteiger partial charge is 0.255 e. The van der Waals surface area contributed by atoms with Crippen molar-refractivity contribution < 1.29 is 4.79 Å². The van der Waals surface area contributed by atoms with E-state index >= 15 is 0 Å². The Morgan fingerprint density at radius 2 is 2.28 bits per heavy atom. The van der Waals surface area contributed by atoms with Crippen LogP contribution in [-0.2, 0) is 0 Å². The molecule has 18 heavy (non-hydrogen) atoms. The fourth-order valence-corrected chi connectivity index (χ4v) is 2.80. The van der Waals surface area contributed by atoms with E-state index in [-0.39, 0.29) is 18.3 Å². The Balaban J connectivity index is 0.00000162. The van der Waals surface area contributed by atoms with Crippen LogP contribution in [0.5, 0.6) is 0 Å². The highest BCUT2D eigenvalue weighted by Gasteiger charge is 2.22. The summed E-state index contributed by atoms with van der Waals surface area (Å²) in [5.41, 5.74) is 0.670. The van der Waals surface area contributed by atoms with Crippen LogP contribution in [0.4, 0.5) is 0 Å². The lowest BCUT2D eigenvalue weighted by Crippen LogP contribution is -2.51. The molecule has 1 saturated heterocycles. The third-order valence-corrected chi connectivity index (χ3v) is 3.71. The van der Waals surface area contributed by atoms with Gasteiger partial charge in [0.2, 0.25) is 0 Å². The molecule has 1 unspecified atom stereocenters. The minimum atomic E-state index is 0. The molecule has 0 saturated carbocycles. The average molecular weight is 354 g/mol. The average Bonchev–Trinajstić information content (AvgIpc) is 2.28. The van der Waals surface area contributed by atoms with Gasteiger partial charge >= 0.3 is 0 Å². The molecule has 1 heterocycles. The lowest BCUT2D eigenvalue weighted by molar-refractivity contribution is 0.0708. The van der Waals surface area contributed by atoms with Crippen molar-refractivity contribution in [2.45, 2.75) is 13.0 Å². The standard InChI is InChI=1S/C12H14BrClN2O.ClH/c1-8-7-16(5-4-15-8)12(17)10-3-2-9(14)6-11(10)13;/h2-3,6,8,15H,4-5,7H2,1H3;1H. The Kier molecular flexibility index (Phi) is 5.92. The number of carbonyl (C=O) groups is 1. The second kappa shape index (κ2) is 6.75. The van der Waals surface area contributed by atoms with Crippen molar-refractivity contribution in [3.8, 4) is 0 Å². The maximum absolute atomic E-state index is 12.3. The Hall–Kier alpha value is -0.290. The zero-order valence-electron chi connectivity index (χ0n) is 9.95. The first-order valence-corrected chi connectivity index (χ1v) is 6.72. The molecule has 1 aromatic rings. The Morgan fingerprint density at radius 3 is 2.89 bits per heavy atom. The van der Waals surface area contributed by atoms with E-state index in [4.69, 9.17) is 11.6 Å². The summed E-state index contributed by atoms with van der Waals surface area (Å²) in [5.74, 6) is 0.0573. The Labute approximate surface area is 126 Å². The van der Waals surface area contributed by atoms with Crippen molar-refractivity contribution in [2.24, 2.45) is 0 Å². The summed E-state index contributed by atoms with van der Waals surface area (Å²) < 4.78 is 0.751. The molecule has 1 aromatic carbocycles. The summed E-state index contributed by atoms with van der Waals surface area (Å²) in [6.07, 6.45) is 0. The van der Waals surface area contributed by atoms with E-state index in [0.717, 1.165) is 24.1 Å². The van der Waals surface area contributed by atoms with Crippen LogP contribution in [-0.4, -0.2) is 36.5 Å². The first-order valence-electron chi connectivity index (χ1n) is 5.55. The largest absolute Gasteiger partial charge is 0.336 e. The van der Waals surface area contributed by atoms with Crippen LogP contribution in [0.3, 0.4) is 0 Å². The van der Waals surface area contributed by atoms with Gasteiger partial charge < -0.3 is 10.2 Å². The summed E-state index contributed by atoms with van der Waals surface area (Å²) in [6.45, 7) is 4.42. The third-order valence-electron chi connectivity index (χ3n) is 2.82. The Morgan fingerprint density at radius 1 is 1.56 bits per heavy atom. The summed E-state index contributed by atoms with van der Waals surface area (Å²) in [5, 5.41) is 3.94. The van der Waals surface area contributed by atoms with E-state index in [2.05, 4.69) is 28.2 Å². The maximum Gasteiger partial charge on any atom is 0.255 e. The van der Waals surface area contributed by atoms with Gasteiger partial charge in [-0.2, -0.15) is 0 Å². The number of nitrogens with zero attached hydrogens (tertiary/aromatic N) is 1. The number of carbonyl (C=O) groups excluding carboxylic acids is 1. The van der Waals surface area contributed by atoms with Gasteiger partial charge in [-0.15, -0.1) is 12.4 Å². The second-order valence-electron chi connectivity index (χ2n) is 4.23. The zero-order chi connectivity index (χ0) is 12.4. The highest BCUT2D eigenvalue weighted by molar-refractivity contribution is 9.10. The van der Waals surface area contributed by atoms with Gasteiger partial charge in [0.1, 0.15) is 0 Å². The molecule has 3 nitrogen and oxygen atoms in total. The molecule has 1 fully saturated rings. The van der Waals surface area contributed by atoms with Gasteiger partial charge in [-0.3, -0.25) is 4.79 Å². The quantitative estimate of drug-likeness (QED) is 0.841. The molecule has 1 N–H and O–H groups in total. The molecular weight excluding hydrogens is 339 g/mol. The predicted octanol–water partition coefficient (Wildman–Crippen LogP) is 2.96. The van der Waals surface area contributed by atoms with Crippen molar-refractivity contribution in [2.75, 3.05) is 19.6 Å². The summed E-state index contributed by atoms with van der Waals surface area (Å²) in [4.78, 5) is 14.2. The van der Waals surface area contributed by atoms with Crippen LogP contribution >= 0.6 is 39.9 Å². The molecule has 2 rings (SSSR count). The van der Waals surface area contributed by atoms with Crippen molar-refractivity contribution >= 4 is 45.8 Å². The van der Waals surface area contributed by atoms with Gasteiger partial charge in [0.05, 0.1) is 5.56 Å². The monoisotopic (exact) mass is 352 g/mol. The van der Waals surface area contributed by atoms with Crippen molar-refractivity contribution in [1.29, 1.82) is 0 Å². The first-order chi connectivity index (χ1) is 8.08. The lowest BCUT2D eigenvalue weighted by atomic mass is 10.1. The first kappa shape index (κ1) is 15.8. The normalized spacial score (nSPS) is 19.3. The van der Waals surface area contributed by atoms with Gasteiger partial charge in [-0.25, -0.2) is 0 Å². The molecule has 0 radical (unpaired) electrons. The van der Waals surface area contributed by atoms with E-state index in [0.29, 0.717) is 16.6 Å². The molecule has 0 aromatic heterocycles. The topological polar surface area (TPSA) is 32.3 Å². The van der Waals surface area contributed by atoms with Crippen LogP contribution in [0.25, 0.3) is 0 Å². The molecule has 0 bridgehead atoms. The zero-order valence-corrected chi connectivity index (χ0v) is 13.1. The number of hydrogen-bond donors (Lipinski definition) is 1. The highest BCUT2D eigenvalue weighted by atomic mass is 79.9. The van der Waals surface area contributed by atoms with Crippen molar-refractivity contribution in [3.63, 3.8) is 0 Å². The van der Waals surface area contributed by atoms with Crippen LogP contribution in [0.15, 0.2) is 22.7 Å². The summed E-state index contributed by atoms with van der Waals surface area (Å²) >= 11 is 9.25. The van der Waals surface area contributed by atoms with Gasteiger partial charge in [-0.1, -0.05) is 11.6 Å². The molecule has 6 heteroatoms. The molecule has 1 aliphatic heterocycles. The third kappa shape index (κ3) is 3.60. The summed E-state index contributed by atoms with van der Waals surface area (Å²) in [6, 6.07) is 5.60. The number of nitrogens with one attached hydrogen (secondary N) is 1.